The van der Waals surface area contributed by atoms with Crippen molar-refractivity contribution in [2.75, 3.05) is 7.05 Å². The maximum atomic E-state index is 11.4. The zero-order valence-electron chi connectivity index (χ0n) is 7.68. The van der Waals surface area contributed by atoms with Gasteiger partial charge in [0.1, 0.15) is 6.04 Å². The van der Waals surface area contributed by atoms with E-state index < -0.39 is 0 Å². The summed E-state index contributed by atoms with van der Waals surface area (Å²) in [5, 5.41) is 0. The first kappa shape index (κ1) is 9.52. The van der Waals surface area contributed by atoms with Crippen LogP contribution in [0.5, 0.6) is 0 Å². The highest BCUT2D eigenvalue weighted by Gasteiger charge is 2.14. The van der Waals surface area contributed by atoms with Crippen LogP contribution in [0.15, 0.2) is 49.2 Å². The Bertz CT molecular complexity index is 286. The van der Waals surface area contributed by atoms with Crippen LogP contribution in [0, 0.1) is 0 Å². The molecule has 0 saturated heterocycles. The summed E-state index contributed by atoms with van der Waals surface area (Å²) in [6, 6.07) is -0.223. The molecular weight excluding hydrogens is 162 g/mol. The van der Waals surface area contributed by atoms with Gasteiger partial charge in [-0.25, -0.2) is 0 Å². The van der Waals surface area contributed by atoms with Gasteiger partial charge in [-0.05, 0) is 18.4 Å². The van der Waals surface area contributed by atoms with Crippen LogP contribution in [0.4, 0.5) is 0 Å². The summed E-state index contributed by atoms with van der Waals surface area (Å²) in [5.74, 6) is 0.0127. The first-order valence-corrected chi connectivity index (χ1v) is 4.15. The van der Waals surface area contributed by atoms with Crippen molar-refractivity contribution >= 4 is 5.78 Å². The maximum absolute atomic E-state index is 11.4. The number of nitrogens with zero attached hydrogens (tertiary/aromatic N) is 1. The zero-order valence-corrected chi connectivity index (χ0v) is 7.68. The molecule has 0 amide bonds. The zero-order chi connectivity index (χ0) is 9.68. The predicted octanol–water partition coefficient (Wildman–Crippen LogP) is 1.68. The first-order chi connectivity index (χ1) is 6.25. The van der Waals surface area contributed by atoms with Crippen molar-refractivity contribution < 1.29 is 4.79 Å². The van der Waals surface area contributed by atoms with Crippen molar-refractivity contribution in [3.8, 4) is 0 Å². The van der Waals surface area contributed by atoms with Gasteiger partial charge >= 0.3 is 0 Å². The largest absolute Gasteiger partial charge is 0.367 e. The van der Waals surface area contributed by atoms with Crippen LogP contribution >= 0.6 is 0 Å². The van der Waals surface area contributed by atoms with Crippen LogP contribution in [0.25, 0.3) is 0 Å². The van der Waals surface area contributed by atoms with Gasteiger partial charge in [0.25, 0.3) is 0 Å². The summed E-state index contributed by atoms with van der Waals surface area (Å²) in [4.78, 5) is 13.2. The van der Waals surface area contributed by atoms with Crippen LogP contribution in [-0.4, -0.2) is 23.8 Å². The highest BCUT2D eigenvalue weighted by molar-refractivity contribution is 5.95. The van der Waals surface area contributed by atoms with E-state index in [0.717, 1.165) is 0 Å². The van der Waals surface area contributed by atoms with Crippen molar-refractivity contribution in [3.63, 3.8) is 0 Å². The molecule has 13 heavy (non-hydrogen) atoms. The van der Waals surface area contributed by atoms with Crippen molar-refractivity contribution in [3.05, 3.63) is 49.2 Å². The fourth-order valence-electron chi connectivity index (χ4n) is 1.13. The molecule has 2 nitrogen and oxygen atoms in total. The standard InChI is InChI=1S/C11H13NO/c1-3-11(13)10-8-6-4-5-7-9-12(10)2/h3-10H,1H2,2H3/b5-4-,8-6-,9-7-. The van der Waals surface area contributed by atoms with E-state index in [4.69, 9.17) is 0 Å². The smallest absolute Gasteiger partial charge is 0.181 e. The van der Waals surface area contributed by atoms with E-state index >= 15 is 0 Å². The Balaban J connectivity index is 2.87. The lowest BCUT2D eigenvalue weighted by Gasteiger charge is -2.21. The number of ketones is 1. The number of hydrogen-bond acceptors (Lipinski definition) is 2. The number of hydrogen-bond donors (Lipinski definition) is 0. The molecule has 1 rings (SSSR count). The molecule has 0 N–H and O–H groups in total. The predicted molar refractivity (Wildman–Crippen MR) is 54.2 cm³/mol. The van der Waals surface area contributed by atoms with Gasteiger partial charge in [-0.3, -0.25) is 4.79 Å². The minimum absolute atomic E-state index is 0.0127. The van der Waals surface area contributed by atoms with Gasteiger partial charge < -0.3 is 4.90 Å². The second-order valence-corrected chi connectivity index (χ2v) is 2.83. The van der Waals surface area contributed by atoms with E-state index in [2.05, 4.69) is 6.58 Å². The summed E-state index contributed by atoms with van der Waals surface area (Å²) in [6.45, 7) is 3.47. The molecular formula is C11H13NO. The van der Waals surface area contributed by atoms with E-state index in [0.29, 0.717) is 0 Å². The van der Waals surface area contributed by atoms with E-state index in [9.17, 15) is 4.79 Å². The van der Waals surface area contributed by atoms with E-state index in [1.165, 1.54) is 6.08 Å². The molecule has 1 unspecified atom stereocenters. The highest BCUT2D eigenvalue weighted by Crippen LogP contribution is 2.04. The Morgan fingerprint density at radius 1 is 1.38 bits per heavy atom. The Hall–Kier alpha value is -1.57. The summed E-state index contributed by atoms with van der Waals surface area (Å²) >= 11 is 0. The average Bonchev–Trinajstić information content (AvgIpc) is 2.11. The molecule has 0 aromatic heterocycles. The molecule has 0 bridgehead atoms. The molecule has 0 radical (unpaired) electrons. The molecule has 68 valence electrons. The molecule has 0 fully saturated rings. The van der Waals surface area contributed by atoms with Crippen molar-refractivity contribution in [1.29, 1.82) is 0 Å². The minimum atomic E-state index is -0.223. The van der Waals surface area contributed by atoms with Crippen molar-refractivity contribution in [2.24, 2.45) is 0 Å². The summed E-state index contributed by atoms with van der Waals surface area (Å²) < 4.78 is 0. The Morgan fingerprint density at radius 2 is 2.08 bits per heavy atom. The normalized spacial score (nSPS) is 28.4. The van der Waals surface area contributed by atoms with Crippen LogP contribution in [0.1, 0.15) is 0 Å². The minimum Gasteiger partial charge on any atom is -0.367 e. The lowest BCUT2D eigenvalue weighted by Crippen LogP contribution is -2.32. The molecule has 1 aliphatic heterocycles. The summed E-state index contributed by atoms with van der Waals surface area (Å²) in [5.41, 5.74) is 0. The average molecular weight is 175 g/mol. The molecule has 0 aliphatic carbocycles. The van der Waals surface area contributed by atoms with Crippen molar-refractivity contribution in [2.45, 2.75) is 6.04 Å². The van der Waals surface area contributed by atoms with Crippen LogP contribution in [0.2, 0.25) is 0 Å². The Kier molecular flexibility index (Phi) is 3.26. The van der Waals surface area contributed by atoms with Crippen molar-refractivity contribution in [1.82, 2.24) is 4.90 Å². The topological polar surface area (TPSA) is 20.3 Å². The van der Waals surface area contributed by atoms with Gasteiger partial charge in [-0.2, -0.15) is 0 Å². The third kappa shape index (κ3) is 2.44. The number of carbonyl (C=O) groups is 1. The number of rotatable bonds is 2. The van der Waals surface area contributed by atoms with Gasteiger partial charge in [0, 0.05) is 7.05 Å². The second-order valence-electron chi connectivity index (χ2n) is 2.83. The number of allylic oxidation sites excluding steroid dienone is 4. The second kappa shape index (κ2) is 4.45. The lowest BCUT2D eigenvalue weighted by atomic mass is 10.1. The molecule has 0 saturated carbocycles. The van der Waals surface area contributed by atoms with E-state index in [1.54, 1.807) is 0 Å². The third-order valence-electron chi connectivity index (χ3n) is 1.88. The van der Waals surface area contributed by atoms with E-state index in [1.807, 2.05) is 48.5 Å². The highest BCUT2D eigenvalue weighted by atomic mass is 16.1. The Morgan fingerprint density at radius 3 is 2.77 bits per heavy atom. The lowest BCUT2D eigenvalue weighted by molar-refractivity contribution is -0.117. The third-order valence-corrected chi connectivity index (χ3v) is 1.88. The van der Waals surface area contributed by atoms with E-state index in [-0.39, 0.29) is 11.8 Å². The van der Waals surface area contributed by atoms with Gasteiger partial charge in [-0.1, -0.05) is 30.9 Å². The fraction of sp³-hybridized carbons (Fsp3) is 0.182. The van der Waals surface area contributed by atoms with Crippen LogP contribution in [-0.2, 0) is 4.79 Å². The SMILES string of the molecule is C=CC(=O)C1\C=C/C=C\C=C/N1C. The first-order valence-electron chi connectivity index (χ1n) is 4.15. The van der Waals surface area contributed by atoms with Gasteiger partial charge in [0.2, 0.25) is 0 Å². The molecule has 1 heterocycles. The molecule has 0 aromatic rings. The summed E-state index contributed by atoms with van der Waals surface area (Å²) in [7, 11) is 1.87. The quantitative estimate of drug-likeness (QED) is 0.595. The van der Waals surface area contributed by atoms with Crippen LogP contribution in [0.3, 0.4) is 0 Å². The number of likely N-dealkylation sites (N-methyl/N-ethyl adjacent to an activating group) is 1. The van der Waals surface area contributed by atoms with Gasteiger partial charge in [-0.15, -0.1) is 0 Å². The monoisotopic (exact) mass is 175 g/mol. The molecule has 0 spiro atoms. The molecule has 0 aromatic carbocycles. The maximum Gasteiger partial charge on any atom is 0.181 e. The molecule has 1 atom stereocenters. The van der Waals surface area contributed by atoms with Gasteiger partial charge in [0.15, 0.2) is 5.78 Å². The fourth-order valence-corrected chi connectivity index (χ4v) is 1.13. The van der Waals surface area contributed by atoms with Gasteiger partial charge in [0.05, 0.1) is 0 Å². The summed E-state index contributed by atoms with van der Waals surface area (Å²) in [6.07, 6.45) is 12.6. The Labute approximate surface area is 78.5 Å². The molecule has 2 heteroatoms. The van der Waals surface area contributed by atoms with Crippen LogP contribution < -0.4 is 0 Å². The number of carbonyl (C=O) groups excluding carboxylic acids is 1. The molecule has 1 aliphatic rings.